The zero-order chi connectivity index (χ0) is 14.1. The van der Waals surface area contributed by atoms with Gasteiger partial charge in [-0.3, -0.25) is 0 Å². The summed E-state index contributed by atoms with van der Waals surface area (Å²) in [5.74, 6) is 1.91. The molecule has 0 N–H and O–H groups in total. The van der Waals surface area contributed by atoms with E-state index in [4.69, 9.17) is 9.47 Å². The van der Waals surface area contributed by atoms with E-state index in [1.807, 2.05) is 12.1 Å². The maximum atomic E-state index is 5.56. The van der Waals surface area contributed by atoms with Crippen molar-refractivity contribution in [2.24, 2.45) is 0 Å². The molecule has 1 aliphatic heterocycles. The van der Waals surface area contributed by atoms with Crippen molar-refractivity contribution in [1.29, 1.82) is 0 Å². The van der Waals surface area contributed by atoms with Gasteiger partial charge in [0.25, 0.3) is 0 Å². The Bertz CT molecular complexity index is 620. The van der Waals surface area contributed by atoms with E-state index in [0.717, 1.165) is 24.5 Å². The molecule has 0 amide bonds. The van der Waals surface area contributed by atoms with Gasteiger partial charge in [-0.15, -0.1) is 0 Å². The molecule has 2 aromatic carbocycles. The van der Waals surface area contributed by atoms with Gasteiger partial charge in [0.05, 0.1) is 14.2 Å². The van der Waals surface area contributed by atoms with Crippen LogP contribution in [0.2, 0.25) is 0 Å². The number of hydrogen-bond acceptors (Lipinski definition) is 3. The minimum atomic E-state index is 0.884. The minimum Gasteiger partial charge on any atom is -0.497 e. The predicted octanol–water partition coefficient (Wildman–Crippen LogP) is 3.71. The summed E-state index contributed by atoms with van der Waals surface area (Å²) in [7, 11) is 3.44. The molecule has 104 valence electrons. The Morgan fingerprint density at radius 2 is 1.70 bits per heavy atom. The van der Waals surface area contributed by atoms with Crippen LogP contribution in [-0.2, 0) is 6.42 Å². The van der Waals surface area contributed by atoms with Crippen LogP contribution in [-0.4, -0.2) is 20.8 Å². The minimum absolute atomic E-state index is 0.884. The summed E-state index contributed by atoms with van der Waals surface area (Å²) >= 11 is 0. The molecule has 0 aliphatic carbocycles. The van der Waals surface area contributed by atoms with Crippen LogP contribution < -0.4 is 14.4 Å². The van der Waals surface area contributed by atoms with Gasteiger partial charge in [0.2, 0.25) is 0 Å². The molecule has 3 heteroatoms. The number of aryl methyl sites for hydroxylation is 1. The third-order valence-electron chi connectivity index (χ3n) is 3.90. The summed E-state index contributed by atoms with van der Waals surface area (Å²) in [4.78, 5) is 2.33. The highest BCUT2D eigenvalue weighted by molar-refractivity contribution is 5.73. The van der Waals surface area contributed by atoms with Crippen molar-refractivity contribution >= 4 is 11.4 Å². The van der Waals surface area contributed by atoms with Gasteiger partial charge in [-0.1, -0.05) is 6.07 Å². The number of anilines is 2. The summed E-state index contributed by atoms with van der Waals surface area (Å²) in [6, 6.07) is 12.5. The fraction of sp³-hybridized carbons (Fsp3) is 0.294. The maximum Gasteiger partial charge on any atom is 0.127 e. The summed E-state index contributed by atoms with van der Waals surface area (Å²) in [5.41, 5.74) is 4.94. The van der Waals surface area contributed by atoms with Crippen LogP contribution in [0.3, 0.4) is 0 Å². The summed E-state index contributed by atoms with van der Waals surface area (Å²) < 4.78 is 10.8. The highest BCUT2D eigenvalue weighted by Crippen LogP contribution is 2.41. The van der Waals surface area contributed by atoms with Crippen LogP contribution in [0.25, 0.3) is 0 Å². The first-order chi connectivity index (χ1) is 9.74. The molecular weight excluding hydrogens is 250 g/mol. The van der Waals surface area contributed by atoms with E-state index in [1.165, 1.54) is 22.5 Å². The Balaban J connectivity index is 2.00. The van der Waals surface area contributed by atoms with Gasteiger partial charge in [-0.2, -0.15) is 0 Å². The molecule has 0 saturated carbocycles. The lowest BCUT2D eigenvalue weighted by Gasteiger charge is -2.20. The number of ether oxygens (including phenoxy) is 2. The van der Waals surface area contributed by atoms with Gasteiger partial charge >= 0.3 is 0 Å². The summed E-state index contributed by atoms with van der Waals surface area (Å²) in [5, 5.41) is 0. The van der Waals surface area contributed by atoms with Gasteiger partial charge in [0.15, 0.2) is 0 Å². The van der Waals surface area contributed by atoms with Gasteiger partial charge in [0.1, 0.15) is 11.5 Å². The third-order valence-corrected chi connectivity index (χ3v) is 3.90. The quantitative estimate of drug-likeness (QED) is 0.848. The van der Waals surface area contributed by atoms with Crippen molar-refractivity contribution in [3.05, 3.63) is 47.5 Å². The molecule has 0 saturated heterocycles. The zero-order valence-corrected chi connectivity index (χ0v) is 12.1. The second-order valence-corrected chi connectivity index (χ2v) is 5.01. The van der Waals surface area contributed by atoms with E-state index in [-0.39, 0.29) is 0 Å². The Kier molecular flexibility index (Phi) is 3.26. The van der Waals surface area contributed by atoms with Gasteiger partial charge in [0, 0.05) is 23.5 Å². The van der Waals surface area contributed by atoms with E-state index in [2.05, 4.69) is 36.1 Å². The Hall–Kier alpha value is -2.16. The Morgan fingerprint density at radius 3 is 2.35 bits per heavy atom. The van der Waals surface area contributed by atoms with Gasteiger partial charge < -0.3 is 14.4 Å². The number of nitrogens with zero attached hydrogens (tertiary/aromatic N) is 1. The van der Waals surface area contributed by atoms with Crippen LogP contribution in [0, 0.1) is 6.92 Å². The van der Waals surface area contributed by atoms with Crippen LogP contribution in [0.4, 0.5) is 11.4 Å². The van der Waals surface area contributed by atoms with Crippen LogP contribution in [0.5, 0.6) is 11.5 Å². The molecule has 0 radical (unpaired) electrons. The van der Waals surface area contributed by atoms with E-state index < -0.39 is 0 Å². The first kappa shape index (κ1) is 12.9. The van der Waals surface area contributed by atoms with Crippen molar-refractivity contribution in [2.75, 3.05) is 25.7 Å². The number of methoxy groups -OCH3 is 2. The average molecular weight is 269 g/mol. The average Bonchev–Trinajstić information content (AvgIpc) is 2.91. The van der Waals surface area contributed by atoms with E-state index in [9.17, 15) is 0 Å². The highest BCUT2D eigenvalue weighted by atomic mass is 16.5. The zero-order valence-electron chi connectivity index (χ0n) is 12.1. The number of hydrogen-bond donors (Lipinski definition) is 0. The molecule has 0 fully saturated rings. The molecule has 2 aromatic rings. The second-order valence-electron chi connectivity index (χ2n) is 5.01. The lowest BCUT2D eigenvalue weighted by molar-refractivity contribution is 0.408. The molecule has 3 rings (SSSR count). The van der Waals surface area contributed by atoms with Crippen molar-refractivity contribution in [3.63, 3.8) is 0 Å². The molecule has 0 bridgehead atoms. The molecule has 0 atom stereocenters. The van der Waals surface area contributed by atoms with E-state index in [0.29, 0.717) is 0 Å². The van der Waals surface area contributed by atoms with Crippen molar-refractivity contribution in [3.8, 4) is 11.5 Å². The van der Waals surface area contributed by atoms with Crippen molar-refractivity contribution in [1.82, 2.24) is 0 Å². The monoisotopic (exact) mass is 269 g/mol. The summed E-state index contributed by atoms with van der Waals surface area (Å²) in [6.07, 6.45) is 1.02. The lowest BCUT2D eigenvalue weighted by atomic mass is 10.1. The molecule has 1 heterocycles. The van der Waals surface area contributed by atoms with Crippen molar-refractivity contribution < 1.29 is 9.47 Å². The SMILES string of the molecule is COc1ccc(N2CCc3c2ccc(C)c3OC)cc1. The van der Waals surface area contributed by atoms with E-state index >= 15 is 0 Å². The molecule has 0 unspecified atom stereocenters. The van der Waals surface area contributed by atoms with Gasteiger partial charge in [-0.05, 0) is 49.2 Å². The van der Waals surface area contributed by atoms with Gasteiger partial charge in [-0.25, -0.2) is 0 Å². The number of benzene rings is 2. The molecule has 1 aliphatic rings. The largest absolute Gasteiger partial charge is 0.497 e. The molecule has 20 heavy (non-hydrogen) atoms. The first-order valence-electron chi connectivity index (χ1n) is 6.82. The predicted molar refractivity (Wildman–Crippen MR) is 81.4 cm³/mol. The topological polar surface area (TPSA) is 21.7 Å². The highest BCUT2D eigenvalue weighted by Gasteiger charge is 2.24. The normalized spacial score (nSPS) is 13.2. The van der Waals surface area contributed by atoms with E-state index in [1.54, 1.807) is 14.2 Å². The second kappa shape index (κ2) is 5.08. The standard InChI is InChI=1S/C17H19NO2/c1-12-4-9-16-15(17(12)20-3)10-11-18(16)13-5-7-14(19-2)8-6-13/h4-9H,10-11H2,1-3H3. The fourth-order valence-electron chi connectivity index (χ4n) is 2.89. The number of fused-ring (bicyclic) bond motifs is 1. The van der Waals surface area contributed by atoms with Crippen LogP contribution >= 0.6 is 0 Å². The van der Waals surface area contributed by atoms with Crippen LogP contribution in [0.1, 0.15) is 11.1 Å². The third kappa shape index (κ3) is 1.99. The first-order valence-corrected chi connectivity index (χ1v) is 6.82. The Morgan fingerprint density at radius 1 is 0.950 bits per heavy atom. The Labute approximate surface area is 119 Å². The molecule has 3 nitrogen and oxygen atoms in total. The lowest BCUT2D eigenvalue weighted by Crippen LogP contribution is -2.12. The molecular formula is C17H19NO2. The van der Waals surface area contributed by atoms with Crippen LogP contribution in [0.15, 0.2) is 36.4 Å². The molecule has 0 spiro atoms. The van der Waals surface area contributed by atoms with Crippen molar-refractivity contribution in [2.45, 2.75) is 13.3 Å². The maximum absolute atomic E-state index is 5.56. The molecule has 0 aromatic heterocycles. The smallest absolute Gasteiger partial charge is 0.127 e. The summed E-state index contributed by atoms with van der Waals surface area (Å²) in [6.45, 7) is 3.08. The fourth-order valence-corrected chi connectivity index (χ4v) is 2.89. The number of rotatable bonds is 3.